The van der Waals surface area contributed by atoms with Crippen LogP contribution >= 0.6 is 0 Å². The number of aromatic nitrogens is 3. The van der Waals surface area contributed by atoms with Crippen LogP contribution in [-0.4, -0.2) is 32.6 Å². The molecule has 1 fully saturated rings. The zero-order valence-corrected chi connectivity index (χ0v) is 9.30. The molecule has 1 aromatic heterocycles. The predicted octanol–water partition coefficient (Wildman–Crippen LogP) is 0.827. The molecular weight excluding hydrogens is 206 g/mol. The van der Waals surface area contributed by atoms with Gasteiger partial charge in [-0.1, -0.05) is 0 Å². The SMILES string of the molecule is OC1CCCc2nc(CC3CCCO3)nn21. The molecule has 2 unspecified atom stereocenters. The average Bonchev–Trinajstić information content (AvgIpc) is 2.88. The Balaban J connectivity index is 1.75. The third kappa shape index (κ3) is 1.85. The standard InChI is InChI=1S/C11H17N3O2/c15-11-5-1-4-10-12-9(13-14(10)11)7-8-3-2-6-16-8/h8,11,15H,1-7H2. The first kappa shape index (κ1) is 10.2. The first-order valence-corrected chi connectivity index (χ1v) is 6.07. The van der Waals surface area contributed by atoms with Crippen LogP contribution in [0, 0.1) is 0 Å². The summed E-state index contributed by atoms with van der Waals surface area (Å²) in [6.07, 6.45) is 5.54. The number of aryl methyl sites for hydroxylation is 1. The average molecular weight is 223 g/mol. The van der Waals surface area contributed by atoms with Crippen LogP contribution in [0.5, 0.6) is 0 Å². The summed E-state index contributed by atoms with van der Waals surface area (Å²) in [5.74, 6) is 1.74. The quantitative estimate of drug-likeness (QED) is 0.806. The van der Waals surface area contributed by atoms with E-state index in [1.165, 1.54) is 0 Å². The number of aliphatic hydroxyl groups excluding tert-OH is 1. The largest absolute Gasteiger partial charge is 0.378 e. The molecule has 0 spiro atoms. The minimum Gasteiger partial charge on any atom is -0.378 e. The third-order valence-corrected chi connectivity index (χ3v) is 3.32. The van der Waals surface area contributed by atoms with Crippen LogP contribution in [0.3, 0.4) is 0 Å². The molecule has 0 saturated carbocycles. The fourth-order valence-corrected chi connectivity index (χ4v) is 2.47. The Morgan fingerprint density at radius 3 is 3.06 bits per heavy atom. The Bertz CT molecular complexity index is 371. The van der Waals surface area contributed by atoms with Gasteiger partial charge in [-0.3, -0.25) is 0 Å². The van der Waals surface area contributed by atoms with Crippen molar-refractivity contribution in [3.05, 3.63) is 11.6 Å². The molecular formula is C11H17N3O2. The highest BCUT2D eigenvalue weighted by Gasteiger charge is 2.23. The Morgan fingerprint density at radius 2 is 2.31 bits per heavy atom. The summed E-state index contributed by atoms with van der Waals surface area (Å²) in [5, 5.41) is 14.1. The first-order chi connectivity index (χ1) is 7.83. The molecule has 16 heavy (non-hydrogen) atoms. The molecule has 5 heteroatoms. The molecule has 0 radical (unpaired) electrons. The van der Waals surface area contributed by atoms with Crippen molar-refractivity contribution in [1.29, 1.82) is 0 Å². The normalized spacial score (nSPS) is 29.3. The van der Waals surface area contributed by atoms with Gasteiger partial charge in [-0.05, 0) is 25.7 Å². The smallest absolute Gasteiger partial charge is 0.153 e. The maximum atomic E-state index is 9.76. The van der Waals surface area contributed by atoms with Gasteiger partial charge in [0, 0.05) is 19.4 Å². The minimum atomic E-state index is -0.477. The molecule has 2 atom stereocenters. The molecule has 1 aromatic rings. The van der Waals surface area contributed by atoms with Crippen LogP contribution in [0.4, 0.5) is 0 Å². The van der Waals surface area contributed by atoms with Gasteiger partial charge in [0.15, 0.2) is 5.82 Å². The molecule has 0 aromatic carbocycles. The fourth-order valence-electron chi connectivity index (χ4n) is 2.47. The number of fused-ring (bicyclic) bond motifs is 1. The van der Waals surface area contributed by atoms with E-state index < -0.39 is 6.23 Å². The van der Waals surface area contributed by atoms with Crippen LogP contribution in [0.15, 0.2) is 0 Å². The molecule has 5 nitrogen and oxygen atoms in total. The van der Waals surface area contributed by atoms with Crippen molar-refractivity contribution in [2.75, 3.05) is 6.61 Å². The second-order valence-electron chi connectivity index (χ2n) is 4.60. The lowest BCUT2D eigenvalue weighted by Crippen LogP contribution is -2.18. The maximum Gasteiger partial charge on any atom is 0.153 e. The van der Waals surface area contributed by atoms with Crippen LogP contribution in [0.2, 0.25) is 0 Å². The second-order valence-corrected chi connectivity index (χ2v) is 4.60. The number of hydrogen-bond donors (Lipinski definition) is 1. The summed E-state index contributed by atoms with van der Waals surface area (Å²) < 4.78 is 7.24. The van der Waals surface area contributed by atoms with E-state index in [-0.39, 0.29) is 6.10 Å². The molecule has 2 aliphatic heterocycles. The van der Waals surface area contributed by atoms with Gasteiger partial charge in [-0.15, -0.1) is 0 Å². The number of hydrogen-bond acceptors (Lipinski definition) is 4. The van der Waals surface area contributed by atoms with Crippen molar-refractivity contribution < 1.29 is 9.84 Å². The van der Waals surface area contributed by atoms with E-state index in [9.17, 15) is 5.11 Å². The molecule has 0 amide bonds. The highest BCUT2D eigenvalue weighted by atomic mass is 16.5. The predicted molar refractivity (Wildman–Crippen MR) is 56.9 cm³/mol. The summed E-state index contributed by atoms with van der Waals surface area (Å²) in [6, 6.07) is 0. The molecule has 88 valence electrons. The van der Waals surface area contributed by atoms with E-state index in [0.717, 1.165) is 56.8 Å². The Morgan fingerprint density at radius 1 is 1.38 bits per heavy atom. The van der Waals surface area contributed by atoms with Gasteiger partial charge in [0.25, 0.3) is 0 Å². The lowest BCUT2D eigenvalue weighted by atomic mass is 10.1. The summed E-state index contributed by atoms with van der Waals surface area (Å²) in [6.45, 7) is 0.862. The van der Waals surface area contributed by atoms with Gasteiger partial charge in [-0.2, -0.15) is 5.10 Å². The first-order valence-electron chi connectivity index (χ1n) is 6.07. The molecule has 2 aliphatic rings. The third-order valence-electron chi connectivity index (χ3n) is 3.32. The summed E-state index contributed by atoms with van der Waals surface area (Å²) >= 11 is 0. The number of aliphatic hydroxyl groups is 1. The Kier molecular flexibility index (Phi) is 2.65. The van der Waals surface area contributed by atoms with Crippen molar-refractivity contribution in [1.82, 2.24) is 14.8 Å². The van der Waals surface area contributed by atoms with Gasteiger partial charge >= 0.3 is 0 Å². The van der Waals surface area contributed by atoms with Crippen molar-refractivity contribution in [2.24, 2.45) is 0 Å². The van der Waals surface area contributed by atoms with E-state index in [0.29, 0.717) is 0 Å². The van der Waals surface area contributed by atoms with Crippen molar-refractivity contribution in [3.8, 4) is 0 Å². The Hall–Kier alpha value is -0.940. The minimum absolute atomic E-state index is 0.279. The molecule has 0 bridgehead atoms. The van der Waals surface area contributed by atoms with Crippen molar-refractivity contribution in [3.63, 3.8) is 0 Å². The highest BCUT2D eigenvalue weighted by Crippen LogP contribution is 2.22. The highest BCUT2D eigenvalue weighted by molar-refractivity contribution is 4.98. The van der Waals surface area contributed by atoms with Crippen LogP contribution in [-0.2, 0) is 17.6 Å². The maximum absolute atomic E-state index is 9.76. The number of nitrogens with zero attached hydrogens (tertiary/aromatic N) is 3. The molecule has 3 heterocycles. The Labute approximate surface area is 94.4 Å². The van der Waals surface area contributed by atoms with E-state index in [1.807, 2.05) is 0 Å². The van der Waals surface area contributed by atoms with Crippen molar-refractivity contribution in [2.45, 2.75) is 50.9 Å². The van der Waals surface area contributed by atoms with Gasteiger partial charge in [-0.25, -0.2) is 9.67 Å². The van der Waals surface area contributed by atoms with Gasteiger partial charge in [0.1, 0.15) is 12.1 Å². The summed E-state index contributed by atoms with van der Waals surface area (Å²) in [5.41, 5.74) is 0. The summed E-state index contributed by atoms with van der Waals surface area (Å²) in [4.78, 5) is 4.48. The van der Waals surface area contributed by atoms with Gasteiger partial charge < -0.3 is 9.84 Å². The topological polar surface area (TPSA) is 60.2 Å². The monoisotopic (exact) mass is 223 g/mol. The molecule has 3 rings (SSSR count). The molecule has 0 aliphatic carbocycles. The lowest BCUT2D eigenvalue weighted by Gasteiger charge is -2.17. The van der Waals surface area contributed by atoms with E-state index in [2.05, 4.69) is 10.1 Å². The van der Waals surface area contributed by atoms with E-state index in [1.54, 1.807) is 4.68 Å². The van der Waals surface area contributed by atoms with Crippen molar-refractivity contribution >= 4 is 0 Å². The fraction of sp³-hybridized carbons (Fsp3) is 0.818. The van der Waals surface area contributed by atoms with Crippen LogP contribution in [0.25, 0.3) is 0 Å². The van der Waals surface area contributed by atoms with Crippen LogP contribution in [0.1, 0.15) is 43.6 Å². The second kappa shape index (κ2) is 4.14. The van der Waals surface area contributed by atoms with E-state index in [4.69, 9.17) is 4.74 Å². The lowest BCUT2D eigenvalue weighted by molar-refractivity contribution is 0.0638. The number of rotatable bonds is 2. The zero-order valence-electron chi connectivity index (χ0n) is 9.30. The van der Waals surface area contributed by atoms with Gasteiger partial charge in [0.05, 0.1) is 6.10 Å². The van der Waals surface area contributed by atoms with Crippen LogP contribution < -0.4 is 0 Å². The molecule has 1 saturated heterocycles. The van der Waals surface area contributed by atoms with E-state index >= 15 is 0 Å². The molecule has 1 N–H and O–H groups in total. The van der Waals surface area contributed by atoms with Gasteiger partial charge in [0.2, 0.25) is 0 Å². The summed E-state index contributed by atoms with van der Waals surface area (Å²) in [7, 11) is 0. The zero-order chi connectivity index (χ0) is 11.0. The number of ether oxygens (including phenoxy) is 1.